The largest absolute Gasteiger partial charge is 0.211 e. The number of aromatic nitrogens is 2. The third kappa shape index (κ3) is 1.19. The Hall–Kier alpha value is -0.840. The molecule has 0 amide bonds. The molecule has 1 aliphatic carbocycles. The number of benzene rings is 1. The normalized spacial score (nSPS) is 13.5. The Kier molecular flexibility index (Phi) is 1.87. The number of fused-ring (bicyclic) bond motifs is 3. The zero-order valence-electron chi connectivity index (χ0n) is 7.57. The standard InChI is InChI=1S/C11H9IN2/c12-14-7-9-6-5-8-3-1-2-4-10(8)11(9)13-14/h1-4,7H,5-6H2. The summed E-state index contributed by atoms with van der Waals surface area (Å²) < 4.78 is 1.88. The smallest absolute Gasteiger partial charge is 0.0966 e. The first-order valence-corrected chi connectivity index (χ1v) is 5.64. The van der Waals surface area contributed by atoms with Crippen molar-refractivity contribution in [2.24, 2.45) is 0 Å². The first-order valence-electron chi connectivity index (χ1n) is 4.67. The summed E-state index contributed by atoms with van der Waals surface area (Å²) in [4.78, 5) is 0. The van der Waals surface area contributed by atoms with Crippen LogP contribution in [-0.2, 0) is 12.8 Å². The zero-order valence-corrected chi connectivity index (χ0v) is 9.73. The van der Waals surface area contributed by atoms with E-state index in [4.69, 9.17) is 0 Å². The average Bonchev–Trinajstić information content (AvgIpc) is 2.59. The van der Waals surface area contributed by atoms with E-state index < -0.39 is 0 Å². The highest BCUT2D eigenvalue weighted by molar-refractivity contribution is 14.1. The molecule has 0 fully saturated rings. The Labute approximate surface area is 96.4 Å². The van der Waals surface area contributed by atoms with Crippen molar-refractivity contribution >= 4 is 22.9 Å². The number of hydrogen-bond donors (Lipinski definition) is 0. The molecule has 0 radical (unpaired) electrons. The summed E-state index contributed by atoms with van der Waals surface area (Å²) in [6, 6.07) is 8.55. The average molecular weight is 296 g/mol. The fourth-order valence-corrected chi connectivity index (χ4v) is 2.58. The predicted molar refractivity (Wildman–Crippen MR) is 64.5 cm³/mol. The fourth-order valence-electron chi connectivity index (χ4n) is 2.03. The van der Waals surface area contributed by atoms with Gasteiger partial charge in [-0.25, -0.2) is 2.90 Å². The van der Waals surface area contributed by atoms with Crippen molar-refractivity contribution < 1.29 is 0 Å². The molecule has 1 aliphatic rings. The lowest BCUT2D eigenvalue weighted by atomic mass is 9.91. The maximum atomic E-state index is 4.50. The monoisotopic (exact) mass is 296 g/mol. The minimum absolute atomic E-state index is 1.12. The van der Waals surface area contributed by atoms with Crippen LogP contribution in [-0.4, -0.2) is 7.99 Å². The van der Waals surface area contributed by atoms with E-state index in [0.717, 1.165) is 12.8 Å². The molecular weight excluding hydrogens is 287 g/mol. The second-order valence-electron chi connectivity index (χ2n) is 3.55. The van der Waals surface area contributed by atoms with E-state index in [9.17, 15) is 0 Å². The molecule has 0 saturated heterocycles. The third-order valence-corrected chi connectivity index (χ3v) is 3.19. The van der Waals surface area contributed by atoms with Gasteiger partial charge in [-0.15, -0.1) is 0 Å². The molecule has 0 atom stereocenters. The minimum Gasteiger partial charge on any atom is -0.211 e. The first kappa shape index (κ1) is 8.47. The summed E-state index contributed by atoms with van der Waals surface area (Å²) in [7, 11) is 0. The summed E-state index contributed by atoms with van der Waals surface area (Å²) in [5.41, 5.74) is 5.28. The van der Waals surface area contributed by atoms with Crippen molar-refractivity contribution in [3.05, 3.63) is 41.6 Å². The highest BCUT2D eigenvalue weighted by atomic mass is 127. The van der Waals surface area contributed by atoms with Crippen LogP contribution in [0.25, 0.3) is 11.3 Å². The number of halogens is 1. The highest BCUT2D eigenvalue weighted by Crippen LogP contribution is 2.32. The molecule has 3 rings (SSSR count). The lowest BCUT2D eigenvalue weighted by Crippen LogP contribution is -2.01. The number of hydrogen-bond acceptors (Lipinski definition) is 1. The Balaban J connectivity index is 2.28. The van der Waals surface area contributed by atoms with Gasteiger partial charge in [0.05, 0.1) is 28.6 Å². The van der Waals surface area contributed by atoms with Crippen molar-refractivity contribution in [3.63, 3.8) is 0 Å². The molecule has 1 aromatic carbocycles. The van der Waals surface area contributed by atoms with E-state index in [0.29, 0.717) is 0 Å². The molecule has 3 heteroatoms. The third-order valence-electron chi connectivity index (χ3n) is 2.70. The minimum atomic E-state index is 1.12. The summed E-state index contributed by atoms with van der Waals surface area (Å²) in [6.07, 6.45) is 4.38. The Morgan fingerprint density at radius 1 is 1.14 bits per heavy atom. The van der Waals surface area contributed by atoms with Crippen LogP contribution in [0.4, 0.5) is 0 Å². The van der Waals surface area contributed by atoms with E-state index >= 15 is 0 Å². The Bertz CT molecular complexity index is 488. The van der Waals surface area contributed by atoms with Crippen molar-refractivity contribution in [1.82, 2.24) is 7.99 Å². The lowest BCUT2D eigenvalue weighted by Gasteiger charge is -2.13. The van der Waals surface area contributed by atoms with Gasteiger partial charge in [-0.05, 0) is 24.0 Å². The van der Waals surface area contributed by atoms with Crippen LogP contribution in [0.1, 0.15) is 11.1 Å². The first-order chi connectivity index (χ1) is 6.84. The molecule has 1 heterocycles. The van der Waals surface area contributed by atoms with Gasteiger partial charge in [0.2, 0.25) is 0 Å². The SMILES string of the molecule is In1cc2c(n1)-c1ccccc1CC2. The maximum Gasteiger partial charge on any atom is 0.0966 e. The lowest BCUT2D eigenvalue weighted by molar-refractivity contribution is 0.942. The van der Waals surface area contributed by atoms with E-state index in [1.54, 1.807) is 0 Å². The molecule has 0 saturated carbocycles. The molecule has 0 N–H and O–H groups in total. The van der Waals surface area contributed by atoms with Crippen LogP contribution < -0.4 is 0 Å². The van der Waals surface area contributed by atoms with Gasteiger partial charge in [0, 0.05) is 11.8 Å². The number of rotatable bonds is 0. The van der Waals surface area contributed by atoms with E-state index in [-0.39, 0.29) is 0 Å². The van der Waals surface area contributed by atoms with Gasteiger partial charge in [0.25, 0.3) is 0 Å². The van der Waals surface area contributed by atoms with Crippen molar-refractivity contribution in [1.29, 1.82) is 0 Å². The van der Waals surface area contributed by atoms with Gasteiger partial charge in [-0.2, -0.15) is 5.10 Å². The molecule has 0 aliphatic heterocycles. The van der Waals surface area contributed by atoms with Crippen molar-refractivity contribution in [2.75, 3.05) is 0 Å². The van der Waals surface area contributed by atoms with Crippen LogP contribution in [0.2, 0.25) is 0 Å². The van der Waals surface area contributed by atoms with Gasteiger partial charge in [-0.1, -0.05) is 24.3 Å². The van der Waals surface area contributed by atoms with E-state index in [1.807, 2.05) is 2.90 Å². The Morgan fingerprint density at radius 2 is 1.93 bits per heavy atom. The summed E-state index contributed by atoms with van der Waals surface area (Å²) >= 11 is 2.21. The molecule has 2 aromatic rings. The zero-order chi connectivity index (χ0) is 9.54. The van der Waals surface area contributed by atoms with Gasteiger partial charge in [0.15, 0.2) is 0 Å². The van der Waals surface area contributed by atoms with Crippen LogP contribution in [0.3, 0.4) is 0 Å². The second-order valence-corrected chi connectivity index (χ2v) is 4.54. The molecule has 1 aromatic heterocycles. The molecular formula is C11H9IN2. The molecule has 70 valence electrons. The predicted octanol–water partition coefficient (Wildman–Crippen LogP) is 2.85. The van der Waals surface area contributed by atoms with Gasteiger partial charge in [0.1, 0.15) is 0 Å². The summed E-state index contributed by atoms with van der Waals surface area (Å²) in [5.74, 6) is 0. The summed E-state index contributed by atoms with van der Waals surface area (Å²) in [6.45, 7) is 0. The summed E-state index contributed by atoms with van der Waals surface area (Å²) in [5, 5.41) is 4.50. The van der Waals surface area contributed by atoms with Crippen LogP contribution >= 0.6 is 22.9 Å². The number of aryl methyl sites for hydroxylation is 2. The maximum absolute atomic E-state index is 4.50. The molecule has 0 unspecified atom stereocenters. The van der Waals surface area contributed by atoms with Gasteiger partial charge < -0.3 is 0 Å². The van der Waals surface area contributed by atoms with Gasteiger partial charge in [-0.3, -0.25) is 0 Å². The Morgan fingerprint density at radius 3 is 2.86 bits per heavy atom. The second kappa shape index (κ2) is 3.08. The van der Waals surface area contributed by atoms with Crippen LogP contribution in [0.5, 0.6) is 0 Å². The molecule has 14 heavy (non-hydrogen) atoms. The number of nitrogens with zero attached hydrogens (tertiary/aromatic N) is 2. The van der Waals surface area contributed by atoms with Crippen LogP contribution in [0.15, 0.2) is 30.5 Å². The molecule has 0 bridgehead atoms. The van der Waals surface area contributed by atoms with E-state index in [1.165, 1.54) is 22.4 Å². The highest BCUT2D eigenvalue weighted by Gasteiger charge is 2.18. The molecule has 2 nitrogen and oxygen atoms in total. The fraction of sp³-hybridized carbons (Fsp3) is 0.182. The van der Waals surface area contributed by atoms with Crippen molar-refractivity contribution in [2.45, 2.75) is 12.8 Å². The topological polar surface area (TPSA) is 17.8 Å². The quantitative estimate of drug-likeness (QED) is 0.684. The molecule has 0 spiro atoms. The van der Waals surface area contributed by atoms with E-state index in [2.05, 4.69) is 58.4 Å². The van der Waals surface area contributed by atoms with Gasteiger partial charge >= 0.3 is 0 Å². The van der Waals surface area contributed by atoms with Crippen LogP contribution in [0, 0.1) is 0 Å². The van der Waals surface area contributed by atoms with Crippen molar-refractivity contribution in [3.8, 4) is 11.3 Å².